The van der Waals surface area contributed by atoms with Gasteiger partial charge in [0.2, 0.25) is 0 Å². The molecule has 0 amide bonds. The van der Waals surface area contributed by atoms with Crippen molar-refractivity contribution in [2.24, 2.45) is 0 Å². The van der Waals surface area contributed by atoms with Crippen molar-refractivity contribution in [1.82, 2.24) is 0 Å². The molecule has 0 aliphatic rings. The second-order valence-electron chi connectivity index (χ2n) is 9.43. The third kappa shape index (κ3) is 7.42. The van der Waals surface area contributed by atoms with E-state index in [4.69, 9.17) is 9.84 Å². The summed E-state index contributed by atoms with van der Waals surface area (Å²) in [5, 5.41) is 29.3. The Morgan fingerprint density at radius 1 is 0.971 bits per heavy atom. The number of benzene rings is 2. The lowest BCUT2D eigenvalue weighted by atomic mass is 9.70. The monoisotopic (exact) mass is 482 g/mol. The molecule has 5 heteroatoms. The van der Waals surface area contributed by atoms with E-state index in [1.807, 2.05) is 38.1 Å². The van der Waals surface area contributed by atoms with Crippen LogP contribution in [0.15, 0.2) is 48.5 Å². The number of aliphatic carboxylic acids is 1. The second-order valence-corrected chi connectivity index (χ2v) is 9.43. The normalized spacial score (nSPS) is 13.2. The highest BCUT2D eigenvalue weighted by Crippen LogP contribution is 2.40. The van der Waals surface area contributed by atoms with Crippen molar-refractivity contribution >= 4 is 12.0 Å². The molecule has 0 heterocycles. The fourth-order valence-corrected chi connectivity index (χ4v) is 4.56. The van der Waals surface area contributed by atoms with Crippen LogP contribution in [-0.4, -0.2) is 39.6 Å². The number of aliphatic hydroxyl groups excluding tert-OH is 1. The highest BCUT2D eigenvalue weighted by Gasteiger charge is 2.31. The zero-order valence-electron chi connectivity index (χ0n) is 21.9. The molecule has 0 unspecified atom stereocenters. The number of hydrogen-bond acceptors (Lipinski definition) is 4. The van der Waals surface area contributed by atoms with Gasteiger partial charge < -0.3 is 20.1 Å². The quantitative estimate of drug-likeness (QED) is 0.295. The summed E-state index contributed by atoms with van der Waals surface area (Å²) >= 11 is 0. The fourth-order valence-electron chi connectivity index (χ4n) is 4.56. The molecular weight excluding hydrogens is 440 g/mol. The van der Waals surface area contributed by atoms with E-state index in [1.54, 1.807) is 0 Å². The van der Waals surface area contributed by atoms with Crippen LogP contribution in [0.1, 0.15) is 88.5 Å². The van der Waals surface area contributed by atoms with E-state index in [2.05, 4.69) is 51.1 Å². The molecule has 2 aromatic carbocycles. The van der Waals surface area contributed by atoms with Gasteiger partial charge in [0.1, 0.15) is 12.4 Å². The predicted octanol–water partition coefficient (Wildman–Crippen LogP) is 6.27. The lowest BCUT2D eigenvalue weighted by molar-refractivity contribution is -0.137. The van der Waals surface area contributed by atoms with Crippen molar-refractivity contribution < 1.29 is 24.9 Å². The maximum absolute atomic E-state index is 10.7. The van der Waals surface area contributed by atoms with Crippen LogP contribution in [0, 0.1) is 6.92 Å². The third-order valence-corrected chi connectivity index (χ3v) is 7.37. The van der Waals surface area contributed by atoms with Gasteiger partial charge in [-0.1, -0.05) is 70.2 Å². The molecule has 192 valence electrons. The maximum Gasteiger partial charge on any atom is 0.303 e. The molecule has 2 aromatic rings. The lowest BCUT2D eigenvalue weighted by Gasteiger charge is -2.34. The van der Waals surface area contributed by atoms with Gasteiger partial charge in [-0.2, -0.15) is 0 Å². The van der Waals surface area contributed by atoms with Crippen molar-refractivity contribution in [2.75, 3.05) is 6.61 Å². The van der Waals surface area contributed by atoms with Gasteiger partial charge >= 0.3 is 5.97 Å². The van der Waals surface area contributed by atoms with Crippen LogP contribution in [0.25, 0.3) is 6.08 Å². The number of aryl methyl sites for hydroxylation is 1. The topological polar surface area (TPSA) is 87.0 Å². The van der Waals surface area contributed by atoms with E-state index in [9.17, 15) is 15.0 Å². The van der Waals surface area contributed by atoms with E-state index < -0.39 is 17.7 Å². The molecule has 2 rings (SSSR count). The van der Waals surface area contributed by atoms with Crippen LogP contribution >= 0.6 is 0 Å². The summed E-state index contributed by atoms with van der Waals surface area (Å²) in [6.45, 7) is 10.6. The molecule has 0 spiro atoms. The predicted molar refractivity (Wildman–Crippen MR) is 142 cm³/mol. The van der Waals surface area contributed by atoms with Crippen molar-refractivity contribution in [3.05, 3.63) is 70.8 Å². The minimum atomic E-state index is -0.924. The molecule has 0 saturated carbocycles. The number of hydrogen-bond donors (Lipinski definition) is 3. The van der Waals surface area contributed by atoms with Gasteiger partial charge in [-0.25, -0.2) is 0 Å². The summed E-state index contributed by atoms with van der Waals surface area (Å²) in [6, 6.07) is 14.6. The van der Waals surface area contributed by atoms with Crippen LogP contribution in [0.3, 0.4) is 0 Å². The van der Waals surface area contributed by atoms with Gasteiger partial charge in [0.15, 0.2) is 0 Å². The van der Waals surface area contributed by atoms with Gasteiger partial charge in [-0.15, -0.1) is 0 Å². The van der Waals surface area contributed by atoms with Crippen molar-refractivity contribution in [3.63, 3.8) is 0 Å². The highest BCUT2D eigenvalue weighted by atomic mass is 16.5. The first-order valence-corrected chi connectivity index (χ1v) is 12.8. The molecule has 3 N–H and O–H groups in total. The first-order valence-electron chi connectivity index (χ1n) is 12.8. The molecule has 0 aromatic heterocycles. The number of carboxylic acids is 1. The molecule has 0 aliphatic carbocycles. The summed E-state index contributed by atoms with van der Waals surface area (Å²) in [5.74, 6) is -0.271. The first-order chi connectivity index (χ1) is 16.6. The lowest BCUT2D eigenvalue weighted by Crippen LogP contribution is -2.26. The molecule has 35 heavy (non-hydrogen) atoms. The largest absolute Gasteiger partial charge is 0.491 e. The maximum atomic E-state index is 10.7. The first kappa shape index (κ1) is 28.6. The average Bonchev–Trinajstić information content (AvgIpc) is 2.87. The molecule has 1 atom stereocenters. The minimum Gasteiger partial charge on any atom is -0.491 e. The molecule has 0 aliphatic heterocycles. The summed E-state index contributed by atoms with van der Waals surface area (Å²) < 4.78 is 5.68. The summed E-state index contributed by atoms with van der Waals surface area (Å²) in [7, 11) is 0. The summed E-state index contributed by atoms with van der Waals surface area (Å²) in [4.78, 5) is 10.7. The van der Waals surface area contributed by atoms with E-state index in [1.165, 1.54) is 16.7 Å². The van der Waals surface area contributed by atoms with Gasteiger partial charge in [-0.3, -0.25) is 4.79 Å². The Morgan fingerprint density at radius 3 is 2.09 bits per heavy atom. The number of rotatable bonds is 14. The van der Waals surface area contributed by atoms with E-state index in [-0.39, 0.29) is 24.9 Å². The zero-order chi connectivity index (χ0) is 26.1. The van der Waals surface area contributed by atoms with Crippen molar-refractivity contribution in [1.29, 1.82) is 0 Å². The van der Waals surface area contributed by atoms with Gasteiger partial charge in [-0.05, 0) is 73.4 Å². The van der Waals surface area contributed by atoms with Gasteiger partial charge in [0.25, 0.3) is 0 Å². The molecule has 0 fully saturated rings. The third-order valence-electron chi connectivity index (χ3n) is 7.37. The minimum absolute atomic E-state index is 0.0681. The Kier molecular flexibility index (Phi) is 10.5. The summed E-state index contributed by atoms with van der Waals surface area (Å²) in [6.07, 6.45) is 6.49. The SMILES string of the molecule is CCC(O)(C=Cc1ccc(C(CC)(CC)c2ccc(OC[C@@H](O)CCC(=O)O)cc2)cc1C)CC. The second kappa shape index (κ2) is 12.9. The number of carbonyl (C=O) groups is 1. The van der Waals surface area contributed by atoms with Crippen LogP contribution in [0.5, 0.6) is 5.75 Å². The summed E-state index contributed by atoms with van der Waals surface area (Å²) in [5.41, 5.74) is 3.85. The number of ether oxygens (including phenoxy) is 1. The van der Waals surface area contributed by atoms with Crippen LogP contribution < -0.4 is 4.74 Å². The molecular formula is C30H42O5. The number of carboxylic acid groups (broad SMARTS) is 1. The van der Waals surface area contributed by atoms with Crippen molar-refractivity contribution in [3.8, 4) is 5.75 Å². The standard InChI is InChI=1S/C30H42O5/c1-6-29(34,7-2)19-18-23-10-11-25(20-22(23)5)30(8-3,9-4)24-12-15-27(16-13-24)35-21-26(31)14-17-28(32)33/h10-13,15-16,18-20,26,31,34H,6-9,14,17,21H2,1-5H3,(H,32,33)/t26-/m0/s1. The highest BCUT2D eigenvalue weighted by molar-refractivity contribution is 5.66. The van der Waals surface area contributed by atoms with E-state index in [0.29, 0.717) is 18.6 Å². The Bertz CT molecular complexity index is 969. The molecule has 0 radical (unpaired) electrons. The van der Waals surface area contributed by atoms with Crippen molar-refractivity contribution in [2.45, 2.75) is 90.3 Å². The van der Waals surface area contributed by atoms with Gasteiger partial charge in [0, 0.05) is 11.8 Å². The van der Waals surface area contributed by atoms with Gasteiger partial charge in [0.05, 0.1) is 11.7 Å². The Hall–Kier alpha value is -2.63. The number of aliphatic hydroxyl groups is 2. The fraction of sp³-hybridized carbons (Fsp3) is 0.500. The zero-order valence-corrected chi connectivity index (χ0v) is 21.9. The van der Waals surface area contributed by atoms with E-state index in [0.717, 1.165) is 18.4 Å². The Morgan fingerprint density at radius 2 is 1.57 bits per heavy atom. The molecule has 0 bridgehead atoms. The van der Waals surface area contributed by atoms with Crippen LogP contribution in [-0.2, 0) is 10.2 Å². The van der Waals surface area contributed by atoms with Crippen LogP contribution in [0.4, 0.5) is 0 Å². The molecule has 0 saturated heterocycles. The Balaban J connectivity index is 2.23. The van der Waals surface area contributed by atoms with E-state index >= 15 is 0 Å². The Labute approximate surface area is 210 Å². The smallest absolute Gasteiger partial charge is 0.303 e. The average molecular weight is 483 g/mol. The van der Waals surface area contributed by atoms with Crippen LogP contribution in [0.2, 0.25) is 0 Å². The molecule has 5 nitrogen and oxygen atoms in total.